The van der Waals surface area contributed by atoms with Gasteiger partial charge in [0.15, 0.2) is 0 Å². The Hall–Kier alpha value is -4.94. The van der Waals surface area contributed by atoms with Gasteiger partial charge in [0.1, 0.15) is 23.6 Å². The topological polar surface area (TPSA) is 158 Å². The Morgan fingerprint density at radius 2 is 1.67 bits per heavy atom. The lowest BCUT2D eigenvalue weighted by molar-refractivity contribution is -0.129. The Balaban J connectivity index is 1.29. The van der Waals surface area contributed by atoms with E-state index in [1.165, 1.54) is 12.1 Å². The minimum atomic E-state index is -1.04. The maximum absolute atomic E-state index is 13.6. The summed E-state index contributed by atoms with van der Waals surface area (Å²) in [5.74, 6) is -1.28. The minimum absolute atomic E-state index is 0.00293. The normalized spacial score (nSPS) is 20.0. The third-order valence-corrected chi connectivity index (χ3v) is 8.29. The van der Waals surface area contributed by atoms with Crippen LogP contribution in [0.25, 0.3) is 0 Å². The molecule has 1 saturated heterocycles. The summed E-state index contributed by atoms with van der Waals surface area (Å²) in [5, 5.41) is 21.0. The fraction of sp³-hybridized carbons (Fsp3) is 0.389. The van der Waals surface area contributed by atoms with E-state index in [-0.39, 0.29) is 49.6 Å². The van der Waals surface area contributed by atoms with Gasteiger partial charge in [-0.1, -0.05) is 48.5 Å². The molecule has 5 N–H and O–H groups in total. The van der Waals surface area contributed by atoms with E-state index in [0.717, 1.165) is 36.3 Å². The van der Waals surface area contributed by atoms with Crippen LogP contribution in [0.3, 0.4) is 0 Å². The van der Waals surface area contributed by atoms with Crippen LogP contribution in [0.2, 0.25) is 0 Å². The second kappa shape index (κ2) is 17.3. The number of phenols is 1. The smallest absolute Gasteiger partial charge is 0.255 e. The molecule has 1 fully saturated rings. The van der Waals surface area contributed by atoms with Crippen molar-refractivity contribution in [1.82, 2.24) is 26.2 Å². The molecule has 0 bridgehead atoms. The molecule has 3 aromatic rings. The molecular weight excluding hydrogens is 614 g/mol. The molecule has 5 rings (SSSR count). The summed E-state index contributed by atoms with van der Waals surface area (Å²) in [7, 11) is 0. The highest BCUT2D eigenvalue weighted by atomic mass is 16.5. The van der Waals surface area contributed by atoms with E-state index in [1.807, 2.05) is 18.2 Å². The van der Waals surface area contributed by atoms with Gasteiger partial charge in [-0.25, -0.2) is 0 Å². The number of phenolic OH excluding ortho intramolecular Hbond substituents is 1. The zero-order valence-corrected chi connectivity index (χ0v) is 26.9. The van der Waals surface area contributed by atoms with E-state index in [2.05, 4.69) is 32.2 Å². The average molecular weight is 658 g/mol. The van der Waals surface area contributed by atoms with E-state index >= 15 is 0 Å². The zero-order valence-electron chi connectivity index (χ0n) is 26.9. The molecule has 0 radical (unpaired) electrons. The van der Waals surface area contributed by atoms with E-state index in [1.54, 1.807) is 36.4 Å². The number of ether oxygens (including phenoxy) is 2. The fourth-order valence-corrected chi connectivity index (χ4v) is 5.66. The summed E-state index contributed by atoms with van der Waals surface area (Å²) in [5.41, 5.74) is 3.05. The summed E-state index contributed by atoms with van der Waals surface area (Å²) in [6.45, 7) is 4.71. The highest BCUT2D eigenvalue weighted by molar-refractivity contribution is 5.99. The number of morpholine rings is 1. The summed E-state index contributed by atoms with van der Waals surface area (Å²) < 4.78 is 11.3. The first-order valence-corrected chi connectivity index (χ1v) is 16.4. The molecule has 254 valence electrons. The highest BCUT2D eigenvalue weighted by Gasteiger charge is 2.26. The van der Waals surface area contributed by atoms with Crippen LogP contribution >= 0.6 is 0 Å². The van der Waals surface area contributed by atoms with Crippen LogP contribution in [0.5, 0.6) is 11.5 Å². The third-order valence-electron chi connectivity index (χ3n) is 8.29. The summed E-state index contributed by atoms with van der Waals surface area (Å²) in [4.78, 5) is 55.7. The van der Waals surface area contributed by atoms with E-state index in [0.29, 0.717) is 31.9 Å². The maximum atomic E-state index is 13.6. The standard InChI is InChI=1S/C36H43N5O7/c42-28-11-9-25(10-12-28)22-31-36(46)37-15-4-18-48-32-8-2-1-7-29(32)34(44)40-30(13-14-33(43)39-31)35(45)38-23-26-5-3-6-27(21-26)24-41-16-19-47-20-17-41/h1-3,5-12,21,30-31,42H,4,13-20,22-24H2,(H,37,46)(H,38,45)(H,39,43)(H,40,44)/t30-,31-/m0/s1. The van der Waals surface area contributed by atoms with Gasteiger partial charge in [-0.05, 0) is 53.8 Å². The number of rotatable bonds is 7. The summed E-state index contributed by atoms with van der Waals surface area (Å²) in [6.07, 6.45) is 0.537. The monoisotopic (exact) mass is 657 g/mol. The number of hydrogen-bond acceptors (Lipinski definition) is 8. The van der Waals surface area contributed by atoms with Crippen molar-refractivity contribution in [2.24, 2.45) is 0 Å². The molecule has 0 aromatic heterocycles. The van der Waals surface area contributed by atoms with Crippen LogP contribution in [-0.2, 0) is 38.6 Å². The van der Waals surface area contributed by atoms with Crippen molar-refractivity contribution in [3.63, 3.8) is 0 Å². The largest absolute Gasteiger partial charge is 0.508 e. The van der Waals surface area contributed by atoms with E-state index < -0.39 is 29.8 Å². The SMILES string of the molecule is O=C1CC[C@@H](C(=O)NCc2cccc(CN3CCOCC3)c2)NC(=O)c2ccccc2OCCCNC(=O)[C@H](Cc2ccc(O)cc2)N1. The van der Waals surface area contributed by atoms with Crippen LogP contribution in [-0.4, -0.2) is 85.2 Å². The maximum Gasteiger partial charge on any atom is 0.255 e. The second-order valence-corrected chi connectivity index (χ2v) is 12.0. The van der Waals surface area contributed by atoms with Crippen molar-refractivity contribution >= 4 is 23.6 Å². The van der Waals surface area contributed by atoms with Gasteiger partial charge in [0.05, 0.1) is 25.4 Å². The molecule has 12 nitrogen and oxygen atoms in total. The third kappa shape index (κ3) is 10.3. The summed E-state index contributed by atoms with van der Waals surface area (Å²) in [6, 6.07) is 19.2. The number of nitrogens with one attached hydrogen (secondary N) is 4. The molecule has 2 heterocycles. The van der Waals surface area contributed by atoms with Gasteiger partial charge in [-0.2, -0.15) is 0 Å². The Kier molecular flexibility index (Phi) is 12.4. The van der Waals surface area contributed by atoms with Gasteiger partial charge in [-0.15, -0.1) is 0 Å². The number of aromatic hydroxyl groups is 1. The van der Waals surface area contributed by atoms with Crippen LogP contribution in [0.1, 0.15) is 46.3 Å². The van der Waals surface area contributed by atoms with Crippen LogP contribution in [0, 0.1) is 0 Å². The van der Waals surface area contributed by atoms with Gasteiger partial charge in [0.2, 0.25) is 17.7 Å². The van der Waals surface area contributed by atoms with Crippen molar-refractivity contribution in [1.29, 1.82) is 0 Å². The highest BCUT2D eigenvalue weighted by Crippen LogP contribution is 2.19. The number of hydrogen-bond donors (Lipinski definition) is 5. The molecule has 0 unspecified atom stereocenters. The van der Waals surface area contributed by atoms with Crippen LogP contribution < -0.4 is 26.0 Å². The molecule has 4 amide bonds. The minimum Gasteiger partial charge on any atom is -0.508 e. The number of benzene rings is 3. The van der Waals surface area contributed by atoms with Crippen molar-refractivity contribution in [2.75, 3.05) is 39.5 Å². The van der Waals surface area contributed by atoms with Crippen molar-refractivity contribution in [2.45, 2.75) is 50.9 Å². The lowest BCUT2D eigenvalue weighted by Crippen LogP contribution is -2.50. The lowest BCUT2D eigenvalue weighted by atomic mass is 10.0. The van der Waals surface area contributed by atoms with Crippen molar-refractivity contribution in [3.05, 3.63) is 95.1 Å². The molecule has 48 heavy (non-hydrogen) atoms. The molecule has 0 aliphatic carbocycles. The molecule has 2 atom stereocenters. The Bertz CT molecular complexity index is 1560. The molecule has 3 aromatic carbocycles. The molecule has 0 spiro atoms. The Morgan fingerprint density at radius 1 is 0.896 bits per heavy atom. The number of carbonyl (C=O) groups excluding carboxylic acids is 4. The first kappa shape index (κ1) is 34.4. The van der Waals surface area contributed by atoms with Gasteiger partial charge in [0, 0.05) is 45.6 Å². The molecule has 2 aliphatic rings. The predicted molar refractivity (Wildman–Crippen MR) is 178 cm³/mol. The van der Waals surface area contributed by atoms with Gasteiger partial charge in [-0.3, -0.25) is 24.1 Å². The first-order chi connectivity index (χ1) is 23.3. The zero-order chi connectivity index (χ0) is 33.7. The molecular formula is C36H43N5O7. The van der Waals surface area contributed by atoms with Crippen LogP contribution in [0.4, 0.5) is 0 Å². The molecule has 12 heteroatoms. The average Bonchev–Trinajstić information content (AvgIpc) is 3.09. The Labute approximate surface area is 280 Å². The van der Waals surface area contributed by atoms with E-state index in [9.17, 15) is 24.3 Å². The van der Waals surface area contributed by atoms with Crippen molar-refractivity contribution < 1.29 is 33.8 Å². The van der Waals surface area contributed by atoms with Gasteiger partial charge >= 0.3 is 0 Å². The fourth-order valence-electron chi connectivity index (χ4n) is 5.66. The number of amides is 4. The Morgan fingerprint density at radius 3 is 2.48 bits per heavy atom. The van der Waals surface area contributed by atoms with Crippen LogP contribution in [0.15, 0.2) is 72.8 Å². The number of fused-ring (bicyclic) bond motifs is 1. The number of carbonyl (C=O) groups is 4. The second-order valence-electron chi connectivity index (χ2n) is 12.0. The lowest BCUT2D eigenvalue weighted by Gasteiger charge is -2.26. The van der Waals surface area contributed by atoms with Gasteiger partial charge < -0.3 is 35.8 Å². The van der Waals surface area contributed by atoms with E-state index in [4.69, 9.17) is 9.47 Å². The molecule has 2 aliphatic heterocycles. The number of nitrogens with zero attached hydrogens (tertiary/aromatic N) is 1. The van der Waals surface area contributed by atoms with Crippen molar-refractivity contribution in [3.8, 4) is 11.5 Å². The summed E-state index contributed by atoms with van der Waals surface area (Å²) >= 11 is 0. The molecule has 0 saturated carbocycles. The number of para-hydroxylation sites is 1. The quantitative estimate of drug-likeness (QED) is 0.258. The first-order valence-electron chi connectivity index (χ1n) is 16.4. The predicted octanol–water partition coefficient (Wildman–Crippen LogP) is 2.05. The van der Waals surface area contributed by atoms with Gasteiger partial charge in [0.25, 0.3) is 5.91 Å².